The lowest BCUT2D eigenvalue weighted by Crippen LogP contribution is -2.46. The van der Waals surface area contributed by atoms with Crippen molar-refractivity contribution < 1.29 is 9.59 Å². The van der Waals surface area contributed by atoms with Gasteiger partial charge in [-0.2, -0.15) is 0 Å². The minimum absolute atomic E-state index is 0.121. The molecule has 0 bridgehead atoms. The Bertz CT molecular complexity index is 508. The Morgan fingerprint density at radius 3 is 2.68 bits per heavy atom. The Labute approximate surface area is 131 Å². The summed E-state index contributed by atoms with van der Waals surface area (Å²) >= 11 is 0. The molecule has 0 radical (unpaired) electrons. The van der Waals surface area contributed by atoms with Gasteiger partial charge >= 0.3 is 0 Å². The van der Waals surface area contributed by atoms with Gasteiger partial charge in [0.05, 0.1) is 6.33 Å². The SMILES string of the molecule is O=C(C1CCCN1C(=O)CCCn1ccnc1)N1CCCC1. The van der Waals surface area contributed by atoms with Gasteiger partial charge in [-0.25, -0.2) is 4.98 Å². The molecule has 1 aromatic rings. The molecule has 6 heteroatoms. The molecule has 2 saturated heterocycles. The number of hydrogen-bond acceptors (Lipinski definition) is 3. The number of aromatic nitrogens is 2. The van der Waals surface area contributed by atoms with Crippen LogP contribution in [0, 0.1) is 0 Å². The molecule has 0 saturated carbocycles. The van der Waals surface area contributed by atoms with Crippen LogP contribution >= 0.6 is 0 Å². The second kappa shape index (κ2) is 6.94. The summed E-state index contributed by atoms with van der Waals surface area (Å²) in [6.07, 6.45) is 10.7. The molecular formula is C16H24N4O2. The van der Waals surface area contributed by atoms with Crippen molar-refractivity contribution in [1.29, 1.82) is 0 Å². The third kappa shape index (κ3) is 3.31. The van der Waals surface area contributed by atoms with Gasteiger partial charge in [0.1, 0.15) is 6.04 Å². The highest BCUT2D eigenvalue weighted by Gasteiger charge is 2.36. The van der Waals surface area contributed by atoms with E-state index >= 15 is 0 Å². The van der Waals surface area contributed by atoms with Crippen LogP contribution in [-0.2, 0) is 16.1 Å². The van der Waals surface area contributed by atoms with Gasteiger partial charge in [0.2, 0.25) is 11.8 Å². The van der Waals surface area contributed by atoms with Crippen molar-refractivity contribution in [2.24, 2.45) is 0 Å². The molecule has 0 N–H and O–H groups in total. The van der Waals surface area contributed by atoms with Crippen molar-refractivity contribution >= 4 is 11.8 Å². The number of amides is 2. The number of nitrogens with zero attached hydrogens (tertiary/aromatic N) is 4. The maximum Gasteiger partial charge on any atom is 0.245 e. The molecule has 2 aliphatic rings. The van der Waals surface area contributed by atoms with Crippen LogP contribution in [0.1, 0.15) is 38.5 Å². The minimum atomic E-state index is -0.209. The monoisotopic (exact) mass is 304 g/mol. The standard InChI is InChI=1S/C16H24N4O2/c21-15(6-4-8-18-12-7-17-13-18)20-11-3-5-14(20)16(22)19-9-1-2-10-19/h7,12-14H,1-6,8-11H2. The average molecular weight is 304 g/mol. The topological polar surface area (TPSA) is 58.4 Å². The van der Waals surface area contributed by atoms with Crippen molar-refractivity contribution in [1.82, 2.24) is 19.4 Å². The highest BCUT2D eigenvalue weighted by molar-refractivity contribution is 5.88. The maximum absolute atomic E-state index is 12.5. The minimum Gasteiger partial charge on any atom is -0.341 e. The molecule has 0 aromatic carbocycles. The van der Waals surface area contributed by atoms with E-state index in [4.69, 9.17) is 0 Å². The Morgan fingerprint density at radius 2 is 1.95 bits per heavy atom. The Hall–Kier alpha value is -1.85. The van der Waals surface area contributed by atoms with E-state index in [9.17, 15) is 9.59 Å². The average Bonchev–Trinajstić information content (AvgIpc) is 3.26. The summed E-state index contributed by atoms with van der Waals surface area (Å²) in [5.41, 5.74) is 0. The fraction of sp³-hybridized carbons (Fsp3) is 0.688. The molecule has 0 spiro atoms. The second-order valence-electron chi connectivity index (χ2n) is 6.18. The molecule has 0 aliphatic carbocycles. The van der Waals surface area contributed by atoms with Gasteiger partial charge < -0.3 is 14.4 Å². The Morgan fingerprint density at radius 1 is 1.14 bits per heavy atom. The summed E-state index contributed by atoms with van der Waals surface area (Å²) < 4.78 is 1.98. The van der Waals surface area contributed by atoms with E-state index in [-0.39, 0.29) is 17.9 Å². The van der Waals surface area contributed by atoms with E-state index in [0.717, 1.165) is 58.3 Å². The predicted octanol–water partition coefficient (Wildman–Crippen LogP) is 1.28. The second-order valence-corrected chi connectivity index (χ2v) is 6.18. The number of hydrogen-bond donors (Lipinski definition) is 0. The highest BCUT2D eigenvalue weighted by Crippen LogP contribution is 2.22. The Kier molecular flexibility index (Phi) is 4.75. The molecule has 3 heterocycles. The van der Waals surface area contributed by atoms with E-state index in [1.54, 1.807) is 12.5 Å². The van der Waals surface area contributed by atoms with E-state index in [0.29, 0.717) is 6.42 Å². The molecule has 2 fully saturated rings. The number of rotatable bonds is 5. The molecule has 2 aliphatic heterocycles. The van der Waals surface area contributed by atoms with Gasteiger partial charge in [-0.05, 0) is 32.1 Å². The van der Waals surface area contributed by atoms with Crippen LogP contribution in [0.15, 0.2) is 18.7 Å². The predicted molar refractivity (Wildman–Crippen MR) is 82.0 cm³/mol. The molecule has 2 amide bonds. The first-order valence-electron chi connectivity index (χ1n) is 8.30. The molecule has 1 unspecified atom stereocenters. The van der Waals surface area contributed by atoms with Gasteiger partial charge in [0.15, 0.2) is 0 Å². The molecule has 1 aromatic heterocycles. The first-order chi connectivity index (χ1) is 10.8. The number of carbonyl (C=O) groups excluding carboxylic acids is 2. The van der Waals surface area contributed by atoms with Gasteiger partial charge in [0, 0.05) is 45.0 Å². The van der Waals surface area contributed by atoms with Crippen LogP contribution in [0.25, 0.3) is 0 Å². The van der Waals surface area contributed by atoms with Crippen LogP contribution in [0.5, 0.6) is 0 Å². The van der Waals surface area contributed by atoms with Gasteiger partial charge in [0.25, 0.3) is 0 Å². The van der Waals surface area contributed by atoms with Gasteiger partial charge in [-0.1, -0.05) is 0 Å². The van der Waals surface area contributed by atoms with Crippen LogP contribution in [-0.4, -0.2) is 56.8 Å². The van der Waals surface area contributed by atoms with E-state index in [1.807, 2.05) is 20.6 Å². The van der Waals surface area contributed by atoms with Crippen LogP contribution in [0.2, 0.25) is 0 Å². The Balaban J connectivity index is 1.50. The summed E-state index contributed by atoms with van der Waals surface area (Å²) in [5.74, 6) is 0.285. The van der Waals surface area contributed by atoms with E-state index in [1.165, 1.54) is 0 Å². The zero-order chi connectivity index (χ0) is 15.4. The highest BCUT2D eigenvalue weighted by atomic mass is 16.2. The normalized spacial score (nSPS) is 21.5. The molecule has 3 rings (SSSR count). The number of carbonyl (C=O) groups is 2. The van der Waals surface area contributed by atoms with Gasteiger partial charge in [-0.3, -0.25) is 9.59 Å². The van der Waals surface area contributed by atoms with E-state index in [2.05, 4.69) is 4.98 Å². The first-order valence-corrected chi connectivity index (χ1v) is 8.30. The number of imidazole rings is 1. The summed E-state index contributed by atoms with van der Waals surface area (Å²) in [4.78, 5) is 32.7. The smallest absolute Gasteiger partial charge is 0.245 e. The fourth-order valence-corrected chi connectivity index (χ4v) is 3.45. The number of aryl methyl sites for hydroxylation is 1. The largest absolute Gasteiger partial charge is 0.341 e. The molecule has 6 nitrogen and oxygen atoms in total. The van der Waals surface area contributed by atoms with Crippen LogP contribution in [0.4, 0.5) is 0 Å². The molecular weight excluding hydrogens is 280 g/mol. The fourth-order valence-electron chi connectivity index (χ4n) is 3.45. The van der Waals surface area contributed by atoms with E-state index < -0.39 is 0 Å². The summed E-state index contributed by atoms with van der Waals surface area (Å²) in [7, 11) is 0. The summed E-state index contributed by atoms with van der Waals surface area (Å²) in [5, 5.41) is 0. The lowest BCUT2D eigenvalue weighted by Gasteiger charge is -2.27. The summed E-state index contributed by atoms with van der Waals surface area (Å²) in [6, 6.07) is -0.209. The van der Waals surface area contributed by atoms with Crippen molar-refractivity contribution in [2.75, 3.05) is 19.6 Å². The van der Waals surface area contributed by atoms with Crippen molar-refractivity contribution in [3.05, 3.63) is 18.7 Å². The van der Waals surface area contributed by atoms with Crippen LogP contribution in [0.3, 0.4) is 0 Å². The maximum atomic E-state index is 12.5. The van der Waals surface area contributed by atoms with Crippen molar-refractivity contribution in [3.8, 4) is 0 Å². The number of likely N-dealkylation sites (tertiary alicyclic amines) is 2. The third-order valence-electron chi connectivity index (χ3n) is 4.64. The van der Waals surface area contributed by atoms with Crippen molar-refractivity contribution in [2.45, 2.75) is 51.1 Å². The molecule has 22 heavy (non-hydrogen) atoms. The van der Waals surface area contributed by atoms with Gasteiger partial charge in [-0.15, -0.1) is 0 Å². The molecule has 120 valence electrons. The first kappa shape index (κ1) is 15.1. The molecule has 1 atom stereocenters. The zero-order valence-electron chi connectivity index (χ0n) is 13.0. The van der Waals surface area contributed by atoms with Crippen molar-refractivity contribution in [3.63, 3.8) is 0 Å². The summed E-state index contributed by atoms with van der Waals surface area (Å²) in [6.45, 7) is 3.24. The third-order valence-corrected chi connectivity index (χ3v) is 4.64. The zero-order valence-corrected chi connectivity index (χ0v) is 13.0. The van der Waals surface area contributed by atoms with Crippen LogP contribution < -0.4 is 0 Å². The lowest BCUT2D eigenvalue weighted by atomic mass is 10.2. The lowest BCUT2D eigenvalue weighted by molar-refractivity contribution is -0.143. The quantitative estimate of drug-likeness (QED) is 0.823.